The molecule has 0 aliphatic carbocycles. The Morgan fingerprint density at radius 2 is 1.96 bits per heavy atom. The Hall–Kier alpha value is -3.21. The van der Waals surface area contributed by atoms with Crippen LogP contribution in [0.3, 0.4) is 0 Å². The zero-order valence-corrected chi connectivity index (χ0v) is 12.6. The van der Waals surface area contributed by atoms with Crippen molar-refractivity contribution in [2.24, 2.45) is 0 Å². The summed E-state index contributed by atoms with van der Waals surface area (Å²) in [5, 5.41) is 19.9. The van der Waals surface area contributed by atoms with Crippen molar-refractivity contribution < 1.29 is 18.4 Å². The monoisotopic (exact) mass is 333 g/mol. The maximum absolute atomic E-state index is 12.1. The van der Waals surface area contributed by atoms with E-state index in [4.69, 9.17) is 0 Å². The topological polar surface area (TPSA) is 79.4 Å². The molecule has 2 rings (SSSR count). The third kappa shape index (κ3) is 4.16. The van der Waals surface area contributed by atoms with E-state index in [9.17, 15) is 24.2 Å². The van der Waals surface area contributed by atoms with E-state index in [0.717, 1.165) is 5.56 Å². The number of ether oxygens (including phenoxy) is 1. The standard InChI is InChI=1S/C16H13F2N3O3/c1-20(10-11-2-5-14(6-3-11)24-16(17)18)15-7-4-13(21(22)23)8-12(15)9-19/h2-8,16H,10H2,1H3. The minimum atomic E-state index is -2.88. The second-order valence-corrected chi connectivity index (χ2v) is 4.95. The van der Waals surface area contributed by atoms with E-state index in [-0.39, 0.29) is 17.0 Å². The van der Waals surface area contributed by atoms with E-state index in [1.807, 2.05) is 6.07 Å². The summed E-state index contributed by atoms with van der Waals surface area (Å²) in [6.45, 7) is -2.49. The van der Waals surface area contributed by atoms with Crippen molar-refractivity contribution in [1.82, 2.24) is 0 Å². The Balaban J connectivity index is 2.16. The molecule has 0 radical (unpaired) electrons. The number of nitro benzene ring substituents is 1. The van der Waals surface area contributed by atoms with Crippen LogP contribution in [0.2, 0.25) is 0 Å². The van der Waals surface area contributed by atoms with Crippen molar-refractivity contribution in [3.8, 4) is 11.8 Å². The van der Waals surface area contributed by atoms with E-state index in [1.165, 1.54) is 30.3 Å². The largest absolute Gasteiger partial charge is 0.435 e. The highest BCUT2D eigenvalue weighted by Crippen LogP contribution is 2.25. The molecule has 0 saturated heterocycles. The van der Waals surface area contributed by atoms with Gasteiger partial charge in [0.05, 0.1) is 16.2 Å². The second kappa shape index (κ2) is 7.37. The molecule has 0 heterocycles. The van der Waals surface area contributed by atoms with Crippen LogP contribution in [-0.2, 0) is 6.54 Å². The van der Waals surface area contributed by atoms with Crippen LogP contribution >= 0.6 is 0 Å². The summed E-state index contributed by atoms with van der Waals surface area (Å²) in [7, 11) is 1.73. The molecule has 24 heavy (non-hydrogen) atoms. The van der Waals surface area contributed by atoms with Crippen molar-refractivity contribution in [2.45, 2.75) is 13.2 Å². The van der Waals surface area contributed by atoms with Crippen LogP contribution in [0.4, 0.5) is 20.2 Å². The van der Waals surface area contributed by atoms with E-state index in [0.29, 0.717) is 12.2 Å². The molecule has 8 heteroatoms. The lowest BCUT2D eigenvalue weighted by atomic mass is 10.1. The summed E-state index contributed by atoms with van der Waals surface area (Å²) in [6, 6.07) is 12.1. The fourth-order valence-corrected chi connectivity index (χ4v) is 2.20. The maximum Gasteiger partial charge on any atom is 0.387 e. The number of nitro groups is 1. The van der Waals surface area contributed by atoms with Crippen LogP contribution in [0.15, 0.2) is 42.5 Å². The van der Waals surface area contributed by atoms with Gasteiger partial charge in [-0.1, -0.05) is 12.1 Å². The quantitative estimate of drug-likeness (QED) is 0.595. The zero-order chi connectivity index (χ0) is 17.7. The van der Waals surface area contributed by atoms with Gasteiger partial charge >= 0.3 is 6.61 Å². The Kier molecular flexibility index (Phi) is 5.27. The SMILES string of the molecule is CN(Cc1ccc(OC(F)F)cc1)c1ccc([N+](=O)[O-])cc1C#N. The summed E-state index contributed by atoms with van der Waals surface area (Å²) in [5.41, 5.74) is 1.37. The van der Waals surface area contributed by atoms with Gasteiger partial charge in [-0.15, -0.1) is 0 Å². The lowest BCUT2D eigenvalue weighted by Gasteiger charge is -2.20. The van der Waals surface area contributed by atoms with Crippen molar-refractivity contribution in [2.75, 3.05) is 11.9 Å². The average molecular weight is 333 g/mol. The first-order chi connectivity index (χ1) is 11.4. The van der Waals surface area contributed by atoms with Crippen LogP contribution in [-0.4, -0.2) is 18.6 Å². The molecule has 2 aromatic rings. The second-order valence-electron chi connectivity index (χ2n) is 4.95. The first-order valence-corrected chi connectivity index (χ1v) is 6.84. The summed E-state index contributed by atoms with van der Waals surface area (Å²) in [4.78, 5) is 11.9. The van der Waals surface area contributed by atoms with E-state index >= 15 is 0 Å². The van der Waals surface area contributed by atoms with Gasteiger partial charge in [-0.3, -0.25) is 10.1 Å². The third-order valence-electron chi connectivity index (χ3n) is 3.29. The molecule has 0 spiro atoms. The highest BCUT2D eigenvalue weighted by atomic mass is 19.3. The summed E-state index contributed by atoms with van der Waals surface area (Å²) in [6.07, 6.45) is 0. The number of nitrogens with zero attached hydrogens (tertiary/aromatic N) is 3. The highest BCUT2D eigenvalue weighted by Gasteiger charge is 2.14. The first-order valence-electron chi connectivity index (χ1n) is 6.84. The number of non-ortho nitro benzene ring substituents is 1. The predicted octanol–water partition coefficient (Wildman–Crippen LogP) is 3.70. The van der Waals surface area contributed by atoms with Crippen molar-refractivity contribution >= 4 is 11.4 Å². The molecule has 124 valence electrons. The highest BCUT2D eigenvalue weighted by molar-refractivity contribution is 5.62. The number of rotatable bonds is 6. The van der Waals surface area contributed by atoms with Gasteiger partial charge in [0.15, 0.2) is 0 Å². The van der Waals surface area contributed by atoms with Crippen LogP contribution in [0.5, 0.6) is 5.75 Å². The smallest absolute Gasteiger partial charge is 0.387 e. The molecular formula is C16H13F2N3O3. The molecule has 0 saturated carbocycles. The van der Waals surface area contributed by atoms with Crippen molar-refractivity contribution in [3.05, 3.63) is 63.7 Å². The number of anilines is 1. The average Bonchev–Trinajstić information content (AvgIpc) is 2.55. The molecule has 2 aromatic carbocycles. The molecule has 0 fully saturated rings. The third-order valence-corrected chi connectivity index (χ3v) is 3.29. The van der Waals surface area contributed by atoms with Gasteiger partial charge in [-0.05, 0) is 23.8 Å². The fourth-order valence-electron chi connectivity index (χ4n) is 2.20. The molecule has 0 aliphatic heterocycles. The number of halogens is 2. The molecular weight excluding hydrogens is 320 g/mol. The Labute approximate surface area is 136 Å². The number of hydrogen-bond donors (Lipinski definition) is 0. The van der Waals surface area contributed by atoms with E-state index in [2.05, 4.69) is 4.74 Å². The van der Waals surface area contributed by atoms with Gasteiger partial charge in [-0.2, -0.15) is 14.0 Å². The number of alkyl halides is 2. The van der Waals surface area contributed by atoms with E-state index in [1.54, 1.807) is 24.1 Å². The number of benzene rings is 2. The molecule has 0 bridgehead atoms. The Morgan fingerprint density at radius 3 is 2.50 bits per heavy atom. The van der Waals surface area contributed by atoms with Crippen LogP contribution in [0, 0.1) is 21.4 Å². The minimum absolute atomic E-state index is 0.0597. The Morgan fingerprint density at radius 1 is 1.29 bits per heavy atom. The van der Waals surface area contributed by atoms with Crippen molar-refractivity contribution in [3.63, 3.8) is 0 Å². The lowest BCUT2D eigenvalue weighted by Crippen LogP contribution is -2.17. The lowest BCUT2D eigenvalue weighted by molar-refractivity contribution is -0.384. The zero-order valence-electron chi connectivity index (χ0n) is 12.6. The minimum Gasteiger partial charge on any atom is -0.435 e. The van der Waals surface area contributed by atoms with Gasteiger partial charge in [0.1, 0.15) is 11.8 Å². The Bertz CT molecular complexity index is 773. The normalized spacial score (nSPS) is 10.3. The molecule has 0 amide bonds. The summed E-state index contributed by atoms with van der Waals surface area (Å²) >= 11 is 0. The van der Waals surface area contributed by atoms with Crippen LogP contribution in [0.1, 0.15) is 11.1 Å². The fraction of sp³-hybridized carbons (Fsp3) is 0.188. The summed E-state index contributed by atoms with van der Waals surface area (Å²) < 4.78 is 28.5. The molecule has 0 atom stereocenters. The number of hydrogen-bond acceptors (Lipinski definition) is 5. The number of nitriles is 1. The van der Waals surface area contributed by atoms with Gasteiger partial charge < -0.3 is 9.64 Å². The van der Waals surface area contributed by atoms with E-state index < -0.39 is 11.5 Å². The first kappa shape index (κ1) is 17.1. The molecule has 0 N–H and O–H groups in total. The van der Waals surface area contributed by atoms with Crippen LogP contribution < -0.4 is 9.64 Å². The molecule has 0 aromatic heterocycles. The van der Waals surface area contributed by atoms with Crippen molar-refractivity contribution in [1.29, 1.82) is 5.26 Å². The van der Waals surface area contributed by atoms with Gasteiger partial charge in [-0.25, -0.2) is 0 Å². The molecule has 0 aliphatic rings. The molecule has 6 nitrogen and oxygen atoms in total. The van der Waals surface area contributed by atoms with Gasteiger partial charge in [0, 0.05) is 25.7 Å². The van der Waals surface area contributed by atoms with Crippen LogP contribution in [0.25, 0.3) is 0 Å². The predicted molar refractivity (Wildman–Crippen MR) is 83.0 cm³/mol. The van der Waals surface area contributed by atoms with Gasteiger partial charge in [0.25, 0.3) is 5.69 Å². The molecule has 0 unspecified atom stereocenters. The summed E-state index contributed by atoms with van der Waals surface area (Å²) in [5.74, 6) is 0.0597. The maximum atomic E-state index is 12.1. The van der Waals surface area contributed by atoms with Gasteiger partial charge in [0.2, 0.25) is 0 Å².